The SMILES string of the molecule is CCSc1nc(-c2ccccc2)cc(-c2ccco2)c1C#N. The van der Waals surface area contributed by atoms with Gasteiger partial charge in [-0.2, -0.15) is 5.26 Å². The summed E-state index contributed by atoms with van der Waals surface area (Å²) < 4.78 is 5.50. The molecule has 1 aromatic carbocycles. The molecule has 2 heterocycles. The van der Waals surface area contributed by atoms with Crippen molar-refractivity contribution in [2.75, 3.05) is 5.75 Å². The summed E-state index contributed by atoms with van der Waals surface area (Å²) in [4.78, 5) is 4.67. The molecule has 0 saturated heterocycles. The Balaban J connectivity index is 2.24. The highest BCUT2D eigenvalue weighted by Crippen LogP contribution is 2.34. The summed E-state index contributed by atoms with van der Waals surface area (Å²) in [6.07, 6.45) is 1.62. The molecular weight excluding hydrogens is 292 g/mol. The van der Waals surface area contributed by atoms with Gasteiger partial charge in [-0.1, -0.05) is 37.3 Å². The summed E-state index contributed by atoms with van der Waals surface area (Å²) in [5, 5.41) is 10.3. The zero-order valence-electron chi connectivity index (χ0n) is 12.1. The molecule has 4 heteroatoms. The first-order valence-corrected chi connectivity index (χ1v) is 7.99. The van der Waals surface area contributed by atoms with Gasteiger partial charge in [-0.25, -0.2) is 4.98 Å². The predicted octanol–water partition coefficient (Wildman–Crippen LogP) is 4.99. The Bertz CT molecular complexity index is 805. The van der Waals surface area contributed by atoms with Gasteiger partial charge in [-0.3, -0.25) is 0 Å². The monoisotopic (exact) mass is 306 g/mol. The molecule has 108 valence electrons. The minimum Gasteiger partial charge on any atom is -0.464 e. The van der Waals surface area contributed by atoms with Crippen LogP contribution in [0.3, 0.4) is 0 Å². The molecule has 0 radical (unpaired) electrons. The molecule has 0 atom stereocenters. The first-order valence-electron chi connectivity index (χ1n) is 7.00. The van der Waals surface area contributed by atoms with Crippen molar-refractivity contribution in [1.29, 1.82) is 5.26 Å². The fourth-order valence-electron chi connectivity index (χ4n) is 2.25. The van der Waals surface area contributed by atoms with Crippen LogP contribution in [0, 0.1) is 11.3 Å². The van der Waals surface area contributed by atoms with Gasteiger partial charge in [0.15, 0.2) is 0 Å². The van der Waals surface area contributed by atoms with Gasteiger partial charge in [0.1, 0.15) is 16.9 Å². The minimum absolute atomic E-state index is 0.571. The topological polar surface area (TPSA) is 49.8 Å². The predicted molar refractivity (Wildman–Crippen MR) is 88.5 cm³/mol. The van der Waals surface area contributed by atoms with Gasteiger partial charge in [0.25, 0.3) is 0 Å². The number of hydrogen-bond donors (Lipinski definition) is 0. The number of hydrogen-bond acceptors (Lipinski definition) is 4. The Kier molecular flexibility index (Phi) is 4.27. The van der Waals surface area contributed by atoms with Crippen LogP contribution in [0.25, 0.3) is 22.6 Å². The Morgan fingerprint density at radius 3 is 2.64 bits per heavy atom. The van der Waals surface area contributed by atoms with Crippen molar-refractivity contribution in [2.45, 2.75) is 11.9 Å². The number of thioether (sulfide) groups is 1. The Morgan fingerprint density at radius 1 is 1.18 bits per heavy atom. The van der Waals surface area contributed by atoms with Crippen LogP contribution in [-0.2, 0) is 0 Å². The molecule has 0 aliphatic carbocycles. The van der Waals surface area contributed by atoms with Crippen molar-refractivity contribution >= 4 is 11.8 Å². The van der Waals surface area contributed by atoms with Crippen molar-refractivity contribution in [3.8, 4) is 28.7 Å². The second kappa shape index (κ2) is 6.50. The molecule has 0 unspecified atom stereocenters. The largest absolute Gasteiger partial charge is 0.464 e. The quantitative estimate of drug-likeness (QED) is 0.637. The molecule has 0 aliphatic heterocycles. The van der Waals surface area contributed by atoms with E-state index in [9.17, 15) is 5.26 Å². The fraction of sp³-hybridized carbons (Fsp3) is 0.111. The number of aromatic nitrogens is 1. The molecule has 0 saturated carbocycles. The third kappa shape index (κ3) is 2.76. The van der Waals surface area contributed by atoms with Gasteiger partial charge in [0.05, 0.1) is 17.5 Å². The lowest BCUT2D eigenvalue weighted by Crippen LogP contribution is -1.95. The first-order chi connectivity index (χ1) is 10.8. The summed E-state index contributed by atoms with van der Waals surface area (Å²) >= 11 is 1.57. The third-order valence-corrected chi connectivity index (χ3v) is 4.09. The van der Waals surface area contributed by atoms with E-state index in [1.165, 1.54) is 0 Å². The van der Waals surface area contributed by atoms with Crippen LogP contribution >= 0.6 is 11.8 Å². The van der Waals surface area contributed by atoms with Gasteiger partial charge in [0, 0.05) is 11.1 Å². The van der Waals surface area contributed by atoms with Crippen LogP contribution in [-0.4, -0.2) is 10.7 Å². The van der Waals surface area contributed by atoms with E-state index in [-0.39, 0.29) is 0 Å². The number of pyridine rings is 1. The van der Waals surface area contributed by atoms with Crippen molar-refractivity contribution < 1.29 is 4.42 Å². The Hall–Kier alpha value is -2.51. The molecule has 2 aromatic heterocycles. The summed E-state index contributed by atoms with van der Waals surface area (Å²) in [6, 6.07) is 17.9. The molecule has 0 fully saturated rings. The number of furan rings is 1. The maximum absolute atomic E-state index is 9.54. The molecular formula is C18H14N2OS. The van der Waals surface area contributed by atoms with E-state index in [4.69, 9.17) is 4.42 Å². The van der Waals surface area contributed by atoms with Crippen molar-refractivity contribution in [3.63, 3.8) is 0 Å². The molecule has 22 heavy (non-hydrogen) atoms. The Morgan fingerprint density at radius 2 is 2.00 bits per heavy atom. The summed E-state index contributed by atoms with van der Waals surface area (Å²) in [7, 11) is 0. The molecule has 0 amide bonds. The second-order valence-corrected chi connectivity index (χ2v) is 5.88. The fourth-order valence-corrected chi connectivity index (χ4v) is 2.99. The van der Waals surface area contributed by atoms with Crippen LogP contribution in [0.5, 0.6) is 0 Å². The number of rotatable bonds is 4. The van der Waals surface area contributed by atoms with E-state index in [1.54, 1.807) is 18.0 Å². The number of nitrogens with zero attached hydrogens (tertiary/aromatic N) is 2. The normalized spacial score (nSPS) is 10.4. The van der Waals surface area contributed by atoms with Crippen LogP contribution in [0.15, 0.2) is 64.2 Å². The Labute approximate surface area is 133 Å². The zero-order chi connectivity index (χ0) is 15.4. The van der Waals surface area contributed by atoms with E-state index >= 15 is 0 Å². The molecule has 3 nitrogen and oxygen atoms in total. The van der Waals surface area contributed by atoms with E-state index < -0.39 is 0 Å². The maximum atomic E-state index is 9.54. The molecule has 3 aromatic rings. The van der Waals surface area contributed by atoms with Crippen LogP contribution in [0.4, 0.5) is 0 Å². The summed E-state index contributed by atoms with van der Waals surface area (Å²) in [5.74, 6) is 1.55. The minimum atomic E-state index is 0.571. The van der Waals surface area contributed by atoms with E-state index in [0.29, 0.717) is 11.3 Å². The van der Waals surface area contributed by atoms with Gasteiger partial charge in [0.2, 0.25) is 0 Å². The maximum Gasteiger partial charge on any atom is 0.135 e. The highest BCUT2D eigenvalue weighted by atomic mass is 32.2. The molecule has 0 bridgehead atoms. The van der Waals surface area contributed by atoms with Gasteiger partial charge in [-0.15, -0.1) is 11.8 Å². The average Bonchev–Trinajstić information content (AvgIpc) is 3.09. The van der Waals surface area contributed by atoms with Crippen molar-refractivity contribution in [1.82, 2.24) is 4.98 Å². The van der Waals surface area contributed by atoms with Crippen molar-refractivity contribution in [2.24, 2.45) is 0 Å². The van der Waals surface area contributed by atoms with Crippen molar-refractivity contribution in [3.05, 3.63) is 60.4 Å². The number of nitriles is 1. The summed E-state index contributed by atoms with van der Waals surface area (Å²) in [6.45, 7) is 2.05. The molecule has 0 aliphatic rings. The average molecular weight is 306 g/mol. The standard InChI is InChI=1S/C18H14N2OS/c1-2-22-18-15(12-19)14(17-9-6-10-21-17)11-16(20-18)13-7-4-3-5-8-13/h3-11H,2H2,1H3. The third-order valence-electron chi connectivity index (χ3n) is 3.24. The van der Waals surface area contributed by atoms with Crippen LogP contribution in [0.1, 0.15) is 12.5 Å². The number of benzene rings is 1. The van der Waals surface area contributed by atoms with E-state index in [0.717, 1.165) is 27.6 Å². The van der Waals surface area contributed by atoms with E-state index in [1.807, 2.05) is 48.5 Å². The lowest BCUT2D eigenvalue weighted by molar-refractivity contribution is 0.582. The van der Waals surface area contributed by atoms with Crippen LogP contribution in [0.2, 0.25) is 0 Å². The van der Waals surface area contributed by atoms with Gasteiger partial charge in [-0.05, 0) is 24.0 Å². The van der Waals surface area contributed by atoms with Crippen LogP contribution < -0.4 is 0 Å². The highest BCUT2D eigenvalue weighted by Gasteiger charge is 2.16. The zero-order valence-corrected chi connectivity index (χ0v) is 12.9. The smallest absolute Gasteiger partial charge is 0.135 e. The highest BCUT2D eigenvalue weighted by molar-refractivity contribution is 7.99. The van der Waals surface area contributed by atoms with Gasteiger partial charge < -0.3 is 4.42 Å². The van der Waals surface area contributed by atoms with Gasteiger partial charge >= 0.3 is 0 Å². The summed E-state index contributed by atoms with van der Waals surface area (Å²) in [5.41, 5.74) is 3.23. The molecule has 0 N–H and O–H groups in total. The second-order valence-electron chi connectivity index (χ2n) is 4.62. The lowest BCUT2D eigenvalue weighted by atomic mass is 10.0. The molecule has 0 spiro atoms. The lowest BCUT2D eigenvalue weighted by Gasteiger charge is -2.10. The van der Waals surface area contributed by atoms with E-state index in [2.05, 4.69) is 18.0 Å². The molecule has 3 rings (SSSR count). The first kappa shape index (κ1) is 14.4.